The molecule has 1 saturated heterocycles. The Morgan fingerprint density at radius 3 is 2.27 bits per heavy atom. The third-order valence-electron chi connectivity index (χ3n) is 5.31. The maximum Gasteiger partial charge on any atom is 0.573 e. The van der Waals surface area contributed by atoms with Gasteiger partial charge in [-0.25, -0.2) is 12.8 Å². The van der Waals surface area contributed by atoms with Crippen LogP contribution in [0.1, 0.15) is 16.1 Å². The number of carbonyl (C=O) groups excluding carboxylic acids is 1. The van der Waals surface area contributed by atoms with Gasteiger partial charge in [0.1, 0.15) is 17.1 Å². The van der Waals surface area contributed by atoms with Gasteiger partial charge in [0.25, 0.3) is 5.91 Å². The monoisotopic (exact) mass is 486 g/mol. The summed E-state index contributed by atoms with van der Waals surface area (Å²) >= 11 is 0. The van der Waals surface area contributed by atoms with E-state index >= 15 is 0 Å². The topological polar surface area (TPSA) is 80.1 Å². The summed E-state index contributed by atoms with van der Waals surface area (Å²) in [6.07, 6.45) is -4.88. The van der Waals surface area contributed by atoms with Crippen molar-refractivity contribution < 1.29 is 39.9 Å². The molecule has 4 rings (SSSR count). The van der Waals surface area contributed by atoms with Crippen LogP contribution in [0.3, 0.4) is 0 Å². The molecule has 1 aliphatic heterocycles. The van der Waals surface area contributed by atoms with E-state index in [-0.39, 0.29) is 36.8 Å². The highest BCUT2D eigenvalue weighted by atomic mass is 32.2. The summed E-state index contributed by atoms with van der Waals surface area (Å²) in [5, 5.41) is 0.484. The van der Waals surface area contributed by atoms with Crippen LogP contribution in [0.5, 0.6) is 5.75 Å². The van der Waals surface area contributed by atoms with Crippen LogP contribution in [0.2, 0.25) is 0 Å². The quantitative estimate of drug-likeness (QED) is 0.523. The van der Waals surface area contributed by atoms with Crippen molar-refractivity contribution >= 4 is 26.9 Å². The van der Waals surface area contributed by atoms with Crippen LogP contribution in [0.4, 0.5) is 17.6 Å². The normalized spacial score (nSPS) is 15.7. The number of carbonyl (C=O) groups is 1. The van der Waals surface area contributed by atoms with Crippen molar-refractivity contribution in [3.8, 4) is 5.75 Å². The van der Waals surface area contributed by atoms with E-state index < -0.39 is 33.9 Å². The number of fused-ring (bicyclic) bond motifs is 1. The Morgan fingerprint density at radius 2 is 1.67 bits per heavy atom. The zero-order valence-electron chi connectivity index (χ0n) is 17.2. The minimum atomic E-state index is -4.88. The molecule has 2 heterocycles. The Bertz CT molecular complexity index is 1290. The predicted molar refractivity (Wildman–Crippen MR) is 109 cm³/mol. The van der Waals surface area contributed by atoms with Crippen molar-refractivity contribution in [3.05, 3.63) is 59.6 Å². The fourth-order valence-electron chi connectivity index (χ4n) is 3.63. The van der Waals surface area contributed by atoms with Gasteiger partial charge in [0.15, 0.2) is 5.76 Å². The van der Waals surface area contributed by atoms with E-state index in [4.69, 9.17) is 4.42 Å². The van der Waals surface area contributed by atoms with Gasteiger partial charge in [-0.15, -0.1) is 13.2 Å². The van der Waals surface area contributed by atoms with Crippen LogP contribution in [0.25, 0.3) is 11.0 Å². The first kappa shape index (κ1) is 23.1. The van der Waals surface area contributed by atoms with E-state index in [1.807, 2.05) is 0 Å². The first-order valence-corrected chi connectivity index (χ1v) is 11.2. The number of hydrogen-bond acceptors (Lipinski definition) is 5. The van der Waals surface area contributed by atoms with Crippen molar-refractivity contribution in [2.24, 2.45) is 0 Å². The van der Waals surface area contributed by atoms with Crippen molar-refractivity contribution in [1.82, 2.24) is 9.21 Å². The van der Waals surface area contributed by atoms with Crippen molar-refractivity contribution in [2.45, 2.75) is 18.2 Å². The summed E-state index contributed by atoms with van der Waals surface area (Å²) in [5.41, 5.74) is 0.863. The SMILES string of the molecule is Cc1c(C(=O)N2CCN(S(=O)(=O)c3ccc(OC(F)(F)F)cc3)CC2)oc2ccc(F)cc12. The molecule has 7 nitrogen and oxygen atoms in total. The Balaban J connectivity index is 1.45. The van der Waals surface area contributed by atoms with Gasteiger partial charge in [-0.2, -0.15) is 4.31 Å². The number of rotatable bonds is 4. The Kier molecular flexibility index (Phi) is 5.83. The molecule has 0 unspecified atom stereocenters. The van der Waals surface area contributed by atoms with Crippen molar-refractivity contribution in [3.63, 3.8) is 0 Å². The third-order valence-corrected chi connectivity index (χ3v) is 7.23. The van der Waals surface area contributed by atoms with Crippen LogP contribution in [0, 0.1) is 12.7 Å². The fourth-order valence-corrected chi connectivity index (χ4v) is 5.06. The standard InChI is InChI=1S/C21H18F4N2O5S/c1-13-17-12-14(22)2-7-18(17)31-19(13)20(28)26-8-10-27(11-9-26)33(29,30)16-5-3-15(4-6-16)32-21(23,24)25/h2-7,12H,8-11H2,1H3. The molecule has 176 valence electrons. The summed E-state index contributed by atoms with van der Waals surface area (Å²) < 4.78 is 86.6. The minimum absolute atomic E-state index is 0.0111. The molecule has 0 N–H and O–H groups in total. The average Bonchev–Trinajstić information content (AvgIpc) is 3.08. The minimum Gasteiger partial charge on any atom is -0.451 e. The van der Waals surface area contributed by atoms with Gasteiger partial charge in [-0.1, -0.05) is 0 Å². The number of aryl methyl sites for hydroxylation is 1. The van der Waals surface area contributed by atoms with Crippen LogP contribution in [-0.2, 0) is 10.0 Å². The number of halogens is 4. The molecular weight excluding hydrogens is 468 g/mol. The van der Waals surface area contributed by atoms with Gasteiger partial charge in [0.2, 0.25) is 10.0 Å². The number of nitrogens with zero attached hydrogens (tertiary/aromatic N) is 2. The predicted octanol–water partition coefficient (Wildman–Crippen LogP) is 3.93. The second kappa shape index (κ2) is 8.34. The molecular formula is C21H18F4N2O5S. The Hall–Kier alpha value is -3.12. The number of sulfonamides is 1. The maximum absolute atomic E-state index is 13.5. The van der Waals surface area contributed by atoms with Crippen LogP contribution in [-0.4, -0.2) is 56.1 Å². The number of amides is 1. The van der Waals surface area contributed by atoms with Crippen LogP contribution >= 0.6 is 0 Å². The highest BCUT2D eigenvalue weighted by Crippen LogP contribution is 2.28. The summed E-state index contributed by atoms with van der Waals surface area (Å²) in [6.45, 7) is 1.79. The number of alkyl halides is 3. The van der Waals surface area contributed by atoms with Gasteiger partial charge >= 0.3 is 6.36 Å². The number of ether oxygens (including phenoxy) is 1. The lowest BCUT2D eigenvalue weighted by Crippen LogP contribution is -2.50. The smallest absolute Gasteiger partial charge is 0.451 e. The van der Waals surface area contributed by atoms with Gasteiger partial charge in [0, 0.05) is 37.1 Å². The molecule has 12 heteroatoms. The van der Waals surface area contributed by atoms with E-state index in [0.29, 0.717) is 16.5 Å². The molecule has 1 aliphatic rings. The molecule has 0 saturated carbocycles. The average molecular weight is 486 g/mol. The molecule has 0 spiro atoms. The largest absolute Gasteiger partial charge is 0.573 e. The second-order valence-electron chi connectivity index (χ2n) is 7.41. The number of piperazine rings is 1. The molecule has 0 bridgehead atoms. The Morgan fingerprint density at radius 1 is 1.03 bits per heavy atom. The summed E-state index contributed by atoms with van der Waals surface area (Å²) in [4.78, 5) is 14.2. The van der Waals surface area contributed by atoms with Crippen LogP contribution < -0.4 is 4.74 Å². The van der Waals surface area contributed by atoms with E-state index in [0.717, 1.165) is 28.6 Å². The second-order valence-corrected chi connectivity index (χ2v) is 9.35. The summed E-state index contributed by atoms with van der Waals surface area (Å²) in [6, 6.07) is 7.85. The molecule has 0 aliphatic carbocycles. The van der Waals surface area contributed by atoms with Gasteiger partial charge in [-0.05, 0) is 49.4 Å². The number of hydrogen-bond donors (Lipinski definition) is 0. The maximum atomic E-state index is 13.5. The zero-order chi connectivity index (χ0) is 24.0. The molecule has 0 atom stereocenters. The highest BCUT2D eigenvalue weighted by Gasteiger charge is 2.33. The molecule has 1 fully saturated rings. The van der Waals surface area contributed by atoms with E-state index in [1.165, 1.54) is 23.1 Å². The van der Waals surface area contributed by atoms with Crippen molar-refractivity contribution in [1.29, 1.82) is 0 Å². The molecule has 2 aromatic carbocycles. The third kappa shape index (κ3) is 4.67. The molecule has 33 heavy (non-hydrogen) atoms. The van der Waals surface area contributed by atoms with Gasteiger partial charge in [-0.3, -0.25) is 4.79 Å². The summed E-state index contributed by atoms with van der Waals surface area (Å²) in [7, 11) is -3.98. The van der Waals surface area contributed by atoms with E-state index in [9.17, 15) is 30.8 Å². The van der Waals surface area contributed by atoms with Gasteiger partial charge in [0.05, 0.1) is 4.90 Å². The highest BCUT2D eigenvalue weighted by molar-refractivity contribution is 7.89. The molecule has 3 aromatic rings. The van der Waals surface area contributed by atoms with E-state index in [2.05, 4.69) is 4.74 Å². The fraction of sp³-hybridized carbons (Fsp3) is 0.286. The van der Waals surface area contributed by atoms with Gasteiger partial charge < -0.3 is 14.1 Å². The lowest BCUT2D eigenvalue weighted by atomic mass is 10.1. The molecule has 0 radical (unpaired) electrons. The zero-order valence-corrected chi connectivity index (χ0v) is 18.0. The first-order chi connectivity index (χ1) is 15.5. The van der Waals surface area contributed by atoms with E-state index in [1.54, 1.807) is 6.92 Å². The lowest BCUT2D eigenvalue weighted by Gasteiger charge is -2.33. The first-order valence-electron chi connectivity index (χ1n) is 9.79. The lowest BCUT2D eigenvalue weighted by molar-refractivity contribution is -0.274. The number of benzene rings is 2. The Labute approximate surface area is 186 Å². The summed E-state index contributed by atoms with van der Waals surface area (Å²) in [5.74, 6) is -1.36. The van der Waals surface area contributed by atoms with Crippen LogP contribution in [0.15, 0.2) is 51.8 Å². The van der Waals surface area contributed by atoms with Crippen molar-refractivity contribution in [2.75, 3.05) is 26.2 Å². The number of furan rings is 1. The molecule has 1 amide bonds. The molecule has 1 aromatic heterocycles.